The van der Waals surface area contributed by atoms with E-state index >= 15 is 0 Å². The van der Waals surface area contributed by atoms with Crippen LogP contribution >= 0.6 is 0 Å². The molecule has 0 aliphatic heterocycles. The van der Waals surface area contributed by atoms with Crippen LogP contribution in [0.15, 0.2) is 24.4 Å². The maximum Gasteiger partial charge on any atom is 0.269 e. The number of carbonyl (C=O) groups is 1. The third-order valence-corrected chi connectivity index (χ3v) is 2.02. The van der Waals surface area contributed by atoms with Gasteiger partial charge in [-0.2, -0.15) is 0 Å². The number of aliphatic hydroxyl groups is 1. The van der Waals surface area contributed by atoms with Crippen LogP contribution in [-0.4, -0.2) is 29.1 Å². The summed E-state index contributed by atoms with van der Waals surface area (Å²) in [5.74, 6) is -0.139. The molecule has 1 heterocycles. The van der Waals surface area contributed by atoms with Crippen LogP contribution < -0.4 is 5.32 Å². The van der Waals surface area contributed by atoms with Crippen molar-refractivity contribution in [1.29, 1.82) is 0 Å². The van der Waals surface area contributed by atoms with Gasteiger partial charge in [0, 0.05) is 19.3 Å². The Morgan fingerprint density at radius 2 is 2.20 bits per heavy atom. The Balaban J connectivity index is 2.20. The monoisotopic (exact) mass is 208 g/mol. The molecule has 0 unspecified atom stereocenters. The fourth-order valence-electron chi connectivity index (χ4n) is 1.20. The number of nitrogens with one attached hydrogen (secondary N) is 1. The van der Waals surface area contributed by atoms with E-state index in [1.165, 1.54) is 0 Å². The normalized spacial score (nSPS) is 9.93. The van der Waals surface area contributed by atoms with Crippen molar-refractivity contribution in [2.45, 2.75) is 19.3 Å². The van der Waals surface area contributed by atoms with Crippen molar-refractivity contribution in [3.05, 3.63) is 30.1 Å². The zero-order valence-corrected chi connectivity index (χ0v) is 8.65. The van der Waals surface area contributed by atoms with Gasteiger partial charge in [0.15, 0.2) is 0 Å². The van der Waals surface area contributed by atoms with E-state index in [-0.39, 0.29) is 12.5 Å². The van der Waals surface area contributed by atoms with Crippen molar-refractivity contribution in [3.63, 3.8) is 0 Å². The van der Waals surface area contributed by atoms with Crippen molar-refractivity contribution in [2.24, 2.45) is 0 Å². The average Bonchev–Trinajstić information content (AvgIpc) is 2.30. The summed E-state index contributed by atoms with van der Waals surface area (Å²) < 4.78 is 0. The molecule has 0 fully saturated rings. The standard InChI is InChI=1S/C11H16N2O2/c14-9-5-1-3-8-13-11(15)10-6-2-4-7-12-10/h2,4,6-7,14H,1,3,5,8-9H2,(H,13,15). The highest BCUT2D eigenvalue weighted by atomic mass is 16.2. The SMILES string of the molecule is O=C(NCCCCCO)c1ccccn1. The predicted octanol–water partition coefficient (Wildman–Crippen LogP) is 0.974. The molecule has 1 rings (SSSR count). The van der Waals surface area contributed by atoms with Crippen molar-refractivity contribution in [1.82, 2.24) is 10.3 Å². The van der Waals surface area contributed by atoms with Gasteiger partial charge in [-0.15, -0.1) is 0 Å². The van der Waals surface area contributed by atoms with Crippen LogP contribution in [-0.2, 0) is 0 Å². The second kappa shape index (κ2) is 6.95. The van der Waals surface area contributed by atoms with Gasteiger partial charge in [0.2, 0.25) is 0 Å². The molecule has 0 aromatic carbocycles. The molecule has 0 saturated carbocycles. The number of aliphatic hydroxyl groups excluding tert-OH is 1. The van der Waals surface area contributed by atoms with Gasteiger partial charge >= 0.3 is 0 Å². The second-order valence-electron chi connectivity index (χ2n) is 3.26. The second-order valence-corrected chi connectivity index (χ2v) is 3.26. The lowest BCUT2D eigenvalue weighted by molar-refractivity contribution is 0.0948. The highest BCUT2D eigenvalue weighted by Crippen LogP contribution is 1.95. The summed E-state index contributed by atoms with van der Waals surface area (Å²) in [6.45, 7) is 0.851. The molecule has 0 spiro atoms. The van der Waals surface area contributed by atoms with E-state index in [4.69, 9.17) is 5.11 Å². The average molecular weight is 208 g/mol. The molecule has 0 bridgehead atoms. The summed E-state index contributed by atoms with van der Waals surface area (Å²) in [7, 11) is 0. The molecule has 0 aliphatic carbocycles. The number of nitrogens with zero attached hydrogens (tertiary/aromatic N) is 1. The highest BCUT2D eigenvalue weighted by Gasteiger charge is 2.03. The Morgan fingerprint density at radius 1 is 1.33 bits per heavy atom. The number of hydrogen-bond acceptors (Lipinski definition) is 3. The number of carbonyl (C=O) groups excluding carboxylic acids is 1. The molecule has 0 atom stereocenters. The molecule has 4 nitrogen and oxygen atoms in total. The van der Waals surface area contributed by atoms with E-state index in [1.54, 1.807) is 24.4 Å². The molecule has 1 aromatic rings. The maximum atomic E-state index is 11.5. The van der Waals surface area contributed by atoms with Gasteiger partial charge in [0.25, 0.3) is 5.91 Å². The molecular weight excluding hydrogens is 192 g/mol. The van der Waals surface area contributed by atoms with Crippen molar-refractivity contribution >= 4 is 5.91 Å². The number of amides is 1. The van der Waals surface area contributed by atoms with E-state index in [2.05, 4.69) is 10.3 Å². The Hall–Kier alpha value is -1.42. The number of hydrogen-bond donors (Lipinski definition) is 2. The summed E-state index contributed by atoms with van der Waals surface area (Å²) in [4.78, 5) is 15.4. The minimum atomic E-state index is -0.139. The van der Waals surface area contributed by atoms with Gasteiger partial charge < -0.3 is 10.4 Å². The van der Waals surface area contributed by atoms with Gasteiger partial charge in [0.1, 0.15) is 5.69 Å². The molecule has 1 amide bonds. The van der Waals surface area contributed by atoms with Crippen LogP contribution in [0.5, 0.6) is 0 Å². The lowest BCUT2D eigenvalue weighted by atomic mass is 10.2. The van der Waals surface area contributed by atoms with Gasteiger partial charge in [0.05, 0.1) is 0 Å². The van der Waals surface area contributed by atoms with Gasteiger partial charge in [-0.05, 0) is 31.4 Å². The Bertz CT molecular complexity index is 288. The first-order valence-electron chi connectivity index (χ1n) is 5.14. The molecule has 4 heteroatoms. The van der Waals surface area contributed by atoms with Crippen molar-refractivity contribution < 1.29 is 9.90 Å². The van der Waals surface area contributed by atoms with E-state index < -0.39 is 0 Å². The zero-order valence-electron chi connectivity index (χ0n) is 8.65. The first-order chi connectivity index (χ1) is 7.34. The summed E-state index contributed by atoms with van der Waals surface area (Å²) in [5.41, 5.74) is 0.444. The lowest BCUT2D eigenvalue weighted by Gasteiger charge is -2.03. The number of unbranched alkanes of at least 4 members (excludes halogenated alkanes) is 2. The fourth-order valence-corrected chi connectivity index (χ4v) is 1.20. The number of rotatable bonds is 6. The molecule has 0 radical (unpaired) electrons. The zero-order chi connectivity index (χ0) is 10.9. The van der Waals surface area contributed by atoms with Crippen molar-refractivity contribution in [3.8, 4) is 0 Å². The Labute approximate surface area is 89.3 Å². The quantitative estimate of drug-likeness (QED) is 0.685. The lowest BCUT2D eigenvalue weighted by Crippen LogP contribution is -2.25. The Kier molecular flexibility index (Phi) is 5.40. The minimum Gasteiger partial charge on any atom is -0.396 e. The molecule has 0 saturated heterocycles. The van der Waals surface area contributed by atoms with Gasteiger partial charge in [-0.25, -0.2) is 0 Å². The van der Waals surface area contributed by atoms with E-state index in [0.29, 0.717) is 12.2 Å². The van der Waals surface area contributed by atoms with Gasteiger partial charge in [-0.3, -0.25) is 9.78 Å². The molecule has 2 N–H and O–H groups in total. The summed E-state index contributed by atoms with van der Waals surface area (Å²) >= 11 is 0. The third-order valence-electron chi connectivity index (χ3n) is 2.02. The van der Waals surface area contributed by atoms with E-state index in [9.17, 15) is 4.79 Å². The van der Waals surface area contributed by atoms with E-state index in [1.807, 2.05) is 0 Å². The maximum absolute atomic E-state index is 11.5. The van der Waals surface area contributed by atoms with Crippen LogP contribution in [0.3, 0.4) is 0 Å². The molecule has 0 aliphatic rings. The molecule has 82 valence electrons. The molecular formula is C11H16N2O2. The predicted molar refractivity (Wildman–Crippen MR) is 57.5 cm³/mol. The number of aromatic nitrogens is 1. The highest BCUT2D eigenvalue weighted by molar-refractivity contribution is 5.92. The third kappa shape index (κ3) is 4.56. The molecule has 1 aromatic heterocycles. The van der Waals surface area contributed by atoms with Crippen LogP contribution in [0.4, 0.5) is 0 Å². The first kappa shape index (κ1) is 11.7. The largest absolute Gasteiger partial charge is 0.396 e. The Morgan fingerprint density at radius 3 is 2.87 bits per heavy atom. The van der Waals surface area contributed by atoms with Crippen LogP contribution in [0.2, 0.25) is 0 Å². The van der Waals surface area contributed by atoms with Crippen molar-refractivity contribution in [2.75, 3.05) is 13.2 Å². The van der Waals surface area contributed by atoms with Crippen LogP contribution in [0.25, 0.3) is 0 Å². The summed E-state index contributed by atoms with van der Waals surface area (Å²) in [6, 6.07) is 5.24. The smallest absolute Gasteiger partial charge is 0.269 e. The minimum absolute atomic E-state index is 0.139. The van der Waals surface area contributed by atoms with Crippen LogP contribution in [0, 0.1) is 0 Å². The summed E-state index contributed by atoms with van der Waals surface area (Å²) in [6.07, 6.45) is 4.21. The topological polar surface area (TPSA) is 62.2 Å². The number of pyridine rings is 1. The van der Waals surface area contributed by atoms with Crippen LogP contribution in [0.1, 0.15) is 29.8 Å². The molecule has 15 heavy (non-hydrogen) atoms. The fraction of sp³-hybridized carbons (Fsp3) is 0.455. The van der Waals surface area contributed by atoms with E-state index in [0.717, 1.165) is 19.3 Å². The first-order valence-corrected chi connectivity index (χ1v) is 5.14. The summed E-state index contributed by atoms with van der Waals surface area (Å²) in [5, 5.41) is 11.3. The van der Waals surface area contributed by atoms with Gasteiger partial charge in [-0.1, -0.05) is 6.07 Å².